The van der Waals surface area contributed by atoms with Crippen molar-refractivity contribution in [3.63, 3.8) is 0 Å². The van der Waals surface area contributed by atoms with E-state index < -0.39 is 5.97 Å². The maximum absolute atomic E-state index is 12.9. The molecule has 176 valence electrons. The first-order chi connectivity index (χ1) is 16.3. The number of nitrogens with one attached hydrogen (secondary N) is 1. The van der Waals surface area contributed by atoms with E-state index in [-0.39, 0.29) is 24.2 Å². The number of likely N-dealkylation sites (tertiary alicyclic amines) is 1. The average molecular weight is 479 g/mol. The minimum atomic E-state index is -0.899. The minimum Gasteiger partial charge on any atom is -0.477 e. The Morgan fingerprint density at radius 1 is 1.12 bits per heavy atom. The number of aryl methyl sites for hydroxylation is 2. The number of rotatable bonds is 6. The number of imidazole rings is 1. The van der Waals surface area contributed by atoms with Crippen LogP contribution in [-0.4, -0.2) is 50.1 Å². The van der Waals surface area contributed by atoms with Gasteiger partial charge in [0.25, 0.3) is 0 Å². The summed E-state index contributed by atoms with van der Waals surface area (Å²) in [5.41, 5.74) is 2.96. The van der Waals surface area contributed by atoms with Crippen molar-refractivity contribution < 1.29 is 14.7 Å². The predicted octanol–water partition coefficient (Wildman–Crippen LogP) is 3.44. The van der Waals surface area contributed by atoms with Crippen molar-refractivity contribution in [3.8, 4) is 0 Å². The topological polar surface area (TPSA) is 96.6 Å². The highest BCUT2D eigenvalue weighted by atomic mass is 32.1. The molecule has 0 saturated carbocycles. The van der Waals surface area contributed by atoms with Crippen molar-refractivity contribution >= 4 is 50.0 Å². The van der Waals surface area contributed by atoms with E-state index in [9.17, 15) is 19.5 Å². The van der Waals surface area contributed by atoms with E-state index in [1.807, 2.05) is 36.4 Å². The van der Waals surface area contributed by atoms with Crippen molar-refractivity contribution in [2.24, 2.45) is 14.1 Å². The fraction of sp³-hybridized carbons (Fsp3) is 0.320. The van der Waals surface area contributed by atoms with Crippen LogP contribution in [0.1, 0.15) is 28.1 Å². The number of aromatic nitrogens is 2. The van der Waals surface area contributed by atoms with Crippen LogP contribution >= 0.6 is 11.3 Å². The number of benzene rings is 2. The number of hydrogen-bond acceptors (Lipinski definition) is 5. The number of thiophene rings is 1. The van der Waals surface area contributed by atoms with Crippen LogP contribution in [0.5, 0.6) is 0 Å². The number of carbonyl (C=O) groups is 2. The molecule has 5 rings (SSSR count). The van der Waals surface area contributed by atoms with Gasteiger partial charge in [0.05, 0.1) is 17.6 Å². The molecule has 34 heavy (non-hydrogen) atoms. The molecule has 2 aromatic heterocycles. The van der Waals surface area contributed by atoms with Crippen LogP contribution in [0.3, 0.4) is 0 Å². The molecule has 2 aromatic carbocycles. The van der Waals surface area contributed by atoms with Gasteiger partial charge >= 0.3 is 11.7 Å². The second kappa shape index (κ2) is 8.73. The van der Waals surface area contributed by atoms with Crippen molar-refractivity contribution in [2.75, 3.05) is 18.4 Å². The molecule has 0 radical (unpaired) electrons. The summed E-state index contributed by atoms with van der Waals surface area (Å²) in [6.07, 6.45) is 2.51. The van der Waals surface area contributed by atoms with E-state index in [1.54, 1.807) is 29.3 Å². The molecular weight excluding hydrogens is 452 g/mol. The van der Waals surface area contributed by atoms with Crippen LogP contribution in [0, 0.1) is 0 Å². The fourth-order valence-electron chi connectivity index (χ4n) is 5.01. The van der Waals surface area contributed by atoms with Crippen molar-refractivity contribution in [1.29, 1.82) is 0 Å². The summed E-state index contributed by atoms with van der Waals surface area (Å²) in [5, 5.41) is 13.7. The molecule has 4 aromatic rings. The van der Waals surface area contributed by atoms with Gasteiger partial charge in [0.1, 0.15) is 4.88 Å². The lowest BCUT2D eigenvalue weighted by Crippen LogP contribution is -2.38. The maximum Gasteiger partial charge on any atom is 0.346 e. The van der Waals surface area contributed by atoms with Gasteiger partial charge < -0.3 is 10.4 Å². The van der Waals surface area contributed by atoms with Crippen LogP contribution in [0.25, 0.3) is 21.1 Å². The number of aromatic carboxylic acids is 1. The van der Waals surface area contributed by atoms with Gasteiger partial charge in [0.15, 0.2) is 0 Å². The SMILES string of the molecule is Cn1c(=O)n(C)c2cc(NC(=O)CN3CCCC3Cc3c(C(=O)O)sc4ccccc34)ccc21. The number of nitrogens with zero attached hydrogens (tertiary/aromatic N) is 3. The zero-order valence-electron chi connectivity index (χ0n) is 19.1. The Hall–Kier alpha value is -3.43. The maximum atomic E-state index is 12.9. The minimum absolute atomic E-state index is 0.110. The number of amides is 1. The Morgan fingerprint density at radius 3 is 2.68 bits per heavy atom. The summed E-state index contributed by atoms with van der Waals surface area (Å²) in [7, 11) is 3.44. The summed E-state index contributed by atoms with van der Waals surface area (Å²) in [5.74, 6) is -1.02. The summed E-state index contributed by atoms with van der Waals surface area (Å²) in [6.45, 7) is 1.04. The molecule has 0 aliphatic carbocycles. The number of hydrogen-bond donors (Lipinski definition) is 2. The largest absolute Gasteiger partial charge is 0.477 e. The highest BCUT2D eigenvalue weighted by Gasteiger charge is 2.29. The van der Waals surface area contributed by atoms with Gasteiger partial charge in [-0.3, -0.25) is 18.8 Å². The fourth-order valence-corrected chi connectivity index (χ4v) is 6.09. The second-order valence-electron chi connectivity index (χ2n) is 8.83. The molecule has 1 atom stereocenters. The average Bonchev–Trinajstić information content (AvgIpc) is 3.47. The monoisotopic (exact) mass is 478 g/mol. The Kier molecular flexibility index (Phi) is 5.75. The van der Waals surface area contributed by atoms with Gasteiger partial charge in [-0.05, 0) is 61.0 Å². The van der Waals surface area contributed by atoms with Gasteiger partial charge in [-0.1, -0.05) is 18.2 Å². The Morgan fingerprint density at radius 2 is 1.88 bits per heavy atom. The molecule has 1 amide bonds. The van der Waals surface area contributed by atoms with E-state index in [1.165, 1.54) is 11.3 Å². The molecule has 0 spiro atoms. The lowest BCUT2D eigenvalue weighted by atomic mass is 10.0. The van der Waals surface area contributed by atoms with Crippen LogP contribution in [0.4, 0.5) is 5.69 Å². The van der Waals surface area contributed by atoms with E-state index in [0.717, 1.165) is 46.1 Å². The Labute approximate surface area is 200 Å². The van der Waals surface area contributed by atoms with Crippen molar-refractivity contribution in [2.45, 2.75) is 25.3 Å². The molecule has 2 N–H and O–H groups in total. The van der Waals surface area contributed by atoms with E-state index in [4.69, 9.17) is 0 Å². The Balaban J connectivity index is 1.32. The summed E-state index contributed by atoms with van der Waals surface area (Å²) in [4.78, 5) is 39.4. The first-order valence-corrected chi connectivity index (χ1v) is 12.1. The number of anilines is 1. The summed E-state index contributed by atoms with van der Waals surface area (Å²) < 4.78 is 4.12. The van der Waals surface area contributed by atoms with Crippen molar-refractivity contribution in [1.82, 2.24) is 14.0 Å². The molecule has 3 heterocycles. The predicted molar refractivity (Wildman–Crippen MR) is 134 cm³/mol. The van der Waals surface area contributed by atoms with Crippen LogP contribution in [0.15, 0.2) is 47.3 Å². The molecule has 1 unspecified atom stereocenters. The van der Waals surface area contributed by atoms with E-state index >= 15 is 0 Å². The molecule has 1 fully saturated rings. The van der Waals surface area contributed by atoms with E-state index in [0.29, 0.717) is 17.0 Å². The molecule has 9 heteroatoms. The van der Waals surface area contributed by atoms with Crippen LogP contribution in [0.2, 0.25) is 0 Å². The normalized spacial score (nSPS) is 16.5. The van der Waals surface area contributed by atoms with E-state index in [2.05, 4.69) is 10.2 Å². The molecular formula is C25H26N4O4S. The third kappa shape index (κ3) is 3.91. The number of carboxylic acids is 1. The number of fused-ring (bicyclic) bond motifs is 2. The smallest absolute Gasteiger partial charge is 0.346 e. The molecule has 1 aliphatic rings. The highest BCUT2D eigenvalue weighted by Crippen LogP contribution is 2.34. The molecule has 1 saturated heterocycles. The van der Waals surface area contributed by atoms with Gasteiger partial charge in [-0.15, -0.1) is 11.3 Å². The number of carbonyl (C=O) groups excluding carboxylic acids is 1. The first kappa shape index (κ1) is 22.4. The summed E-state index contributed by atoms with van der Waals surface area (Å²) in [6, 6.07) is 13.3. The van der Waals surface area contributed by atoms with Gasteiger partial charge in [0, 0.05) is 30.5 Å². The summed E-state index contributed by atoms with van der Waals surface area (Å²) >= 11 is 1.31. The molecule has 1 aliphatic heterocycles. The second-order valence-corrected chi connectivity index (χ2v) is 9.89. The molecule has 8 nitrogen and oxygen atoms in total. The van der Waals surface area contributed by atoms with Crippen LogP contribution < -0.4 is 11.0 Å². The molecule has 0 bridgehead atoms. The third-order valence-corrected chi connectivity index (χ3v) is 7.93. The lowest BCUT2D eigenvalue weighted by molar-refractivity contribution is -0.117. The highest BCUT2D eigenvalue weighted by molar-refractivity contribution is 7.21. The number of carboxylic acid groups (broad SMARTS) is 1. The van der Waals surface area contributed by atoms with Crippen molar-refractivity contribution in [3.05, 3.63) is 63.4 Å². The standard InChI is InChI=1S/C25H26N4O4S/c1-27-19-10-9-15(12-20(19)28(2)25(27)33)26-22(30)14-29-11-5-6-16(29)13-18-17-7-3-4-8-21(17)34-23(18)24(31)32/h3-4,7-10,12,16H,5-6,11,13-14H2,1-2H3,(H,26,30)(H,31,32). The van der Waals surface area contributed by atoms with Gasteiger partial charge in [0.2, 0.25) is 5.91 Å². The van der Waals surface area contributed by atoms with Crippen LogP contribution in [-0.2, 0) is 25.3 Å². The first-order valence-electron chi connectivity index (χ1n) is 11.3. The Bertz CT molecular complexity index is 1480. The quantitative estimate of drug-likeness (QED) is 0.443. The van der Waals surface area contributed by atoms with Gasteiger partial charge in [-0.25, -0.2) is 9.59 Å². The van der Waals surface area contributed by atoms with Gasteiger partial charge in [-0.2, -0.15) is 0 Å². The zero-order valence-corrected chi connectivity index (χ0v) is 19.9. The zero-order chi connectivity index (χ0) is 24.0. The third-order valence-electron chi connectivity index (χ3n) is 6.73. The lowest BCUT2D eigenvalue weighted by Gasteiger charge is -2.24.